The molecule has 24 heavy (non-hydrogen) atoms. The molecule has 0 saturated heterocycles. The Morgan fingerprint density at radius 1 is 1.29 bits per heavy atom. The van der Waals surface area contributed by atoms with Crippen molar-refractivity contribution in [1.82, 2.24) is 14.9 Å². The van der Waals surface area contributed by atoms with Gasteiger partial charge in [-0.25, -0.2) is 5.43 Å². The first-order valence-electron chi connectivity index (χ1n) is 8.55. The average molecular weight is 330 g/mol. The maximum absolute atomic E-state index is 11.8. The topological polar surface area (TPSA) is 49.6 Å². The van der Waals surface area contributed by atoms with Crippen molar-refractivity contribution >= 4 is 17.4 Å². The third-order valence-electron chi connectivity index (χ3n) is 4.01. The van der Waals surface area contributed by atoms with Crippen LogP contribution in [0.2, 0.25) is 0 Å². The summed E-state index contributed by atoms with van der Waals surface area (Å²) in [6.45, 7) is 18.2. The normalized spacial score (nSPS) is 17.7. The van der Waals surface area contributed by atoms with Gasteiger partial charge < -0.3 is 9.47 Å². The zero-order valence-electron chi connectivity index (χ0n) is 16.0. The molecular weight excluding hydrogens is 300 g/mol. The summed E-state index contributed by atoms with van der Waals surface area (Å²) in [5, 5.41) is 4.04. The summed E-state index contributed by atoms with van der Waals surface area (Å²) in [6.07, 6.45) is 2.91. The fourth-order valence-electron chi connectivity index (χ4n) is 2.85. The highest BCUT2D eigenvalue weighted by atomic mass is 16.2. The maximum Gasteiger partial charge on any atom is 0.262 e. The molecule has 132 valence electrons. The third kappa shape index (κ3) is 3.96. The lowest BCUT2D eigenvalue weighted by atomic mass is 10.2. The van der Waals surface area contributed by atoms with Crippen LogP contribution < -0.4 is 5.43 Å². The van der Waals surface area contributed by atoms with E-state index in [1.54, 1.807) is 0 Å². The van der Waals surface area contributed by atoms with Gasteiger partial charge in [-0.05, 0) is 52.3 Å². The number of hydrogen-bond acceptors (Lipinski definition) is 3. The van der Waals surface area contributed by atoms with E-state index in [-0.39, 0.29) is 11.9 Å². The minimum Gasteiger partial charge on any atom is -0.322 e. The number of aryl methyl sites for hydroxylation is 2. The number of hydrogen-bond donors (Lipinski definition) is 1. The van der Waals surface area contributed by atoms with Crippen LogP contribution in [-0.2, 0) is 4.79 Å². The molecule has 1 unspecified atom stereocenters. The molecule has 0 spiro atoms. The number of aromatic nitrogens is 1. The lowest BCUT2D eigenvalue weighted by molar-refractivity contribution is -0.124. The fraction of sp³-hybridized carbons (Fsp3) is 0.474. The number of carbonyl (C=O) groups is 1. The molecular formula is C19H30N4O. The second-order valence-electron chi connectivity index (χ2n) is 5.61. The van der Waals surface area contributed by atoms with E-state index >= 15 is 0 Å². The monoisotopic (exact) mass is 330 g/mol. The largest absolute Gasteiger partial charge is 0.322 e. The Balaban J connectivity index is 0.00000139. The summed E-state index contributed by atoms with van der Waals surface area (Å²) in [4.78, 5) is 13.7. The molecule has 0 saturated carbocycles. The molecule has 5 nitrogen and oxygen atoms in total. The molecule has 1 aromatic rings. The summed E-state index contributed by atoms with van der Waals surface area (Å²) in [7, 11) is 0. The molecule has 0 fully saturated rings. The van der Waals surface area contributed by atoms with Gasteiger partial charge in [-0.1, -0.05) is 27.4 Å². The van der Waals surface area contributed by atoms with Crippen molar-refractivity contribution in [2.24, 2.45) is 5.10 Å². The number of carbonyl (C=O) groups excluding carboxylic acids is 1. The van der Waals surface area contributed by atoms with Crippen LogP contribution in [0.25, 0.3) is 5.70 Å². The zero-order valence-corrected chi connectivity index (χ0v) is 16.0. The van der Waals surface area contributed by atoms with Gasteiger partial charge in [0.15, 0.2) is 0 Å². The van der Waals surface area contributed by atoms with Gasteiger partial charge in [0.05, 0.1) is 0 Å². The van der Waals surface area contributed by atoms with Gasteiger partial charge in [0.1, 0.15) is 11.9 Å². The van der Waals surface area contributed by atoms with Gasteiger partial charge in [0.2, 0.25) is 0 Å². The van der Waals surface area contributed by atoms with Crippen LogP contribution >= 0.6 is 0 Å². The first-order valence-corrected chi connectivity index (χ1v) is 8.55. The molecule has 2 rings (SSSR count). The highest BCUT2D eigenvalue weighted by Crippen LogP contribution is 2.22. The second kappa shape index (κ2) is 8.52. The van der Waals surface area contributed by atoms with Crippen molar-refractivity contribution in [3.63, 3.8) is 0 Å². The molecule has 1 amide bonds. The Kier molecular flexibility index (Phi) is 7.01. The summed E-state index contributed by atoms with van der Waals surface area (Å²) in [6, 6.07) is 3.89. The number of nitrogens with one attached hydrogen (secondary N) is 1. The summed E-state index contributed by atoms with van der Waals surface area (Å²) in [5.41, 5.74) is 6.82. The van der Waals surface area contributed by atoms with Crippen LogP contribution in [0.1, 0.15) is 52.4 Å². The smallest absolute Gasteiger partial charge is 0.262 e. The van der Waals surface area contributed by atoms with Crippen molar-refractivity contribution in [2.45, 2.75) is 60.9 Å². The number of amidine groups is 1. The van der Waals surface area contributed by atoms with E-state index in [0.29, 0.717) is 0 Å². The average Bonchev–Trinajstić information content (AvgIpc) is 2.90. The van der Waals surface area contributed by atoms with E-state index < -0.39 is 0 Å². The molecule has 0 aliphatic carbocycles. The third-order valence-corrected chi connectivity index (χ3v) is 4.01. The predicted octanol–water partition coefficient (Wildman–Crippen LogP) is 4.05. The lowest BCUT2D eigenvalue weighted by Gasteiger charge is -2.33. The van der Waals surface area contributed by atoms with E-state index in [2.05, 4.69) is 54.6 Å². The highest BCUT2D eigenvalue weighted by Gasteiger charge is 2.27. The number of nitrogens with zero attached hydrogens (tertiary/aromatic N) is 3. The van der Waals surface area contributed by atoms with Gasteiger partial charge in [-0.2, -0.15) is 5.10 Å². The Hall–Kier alpha value is -2.30. The molecule has 0 aromatic carbocycles. The Bertz CT molecular complexity index is 647. The molecule has 1 aliphatic rings. The van der Waals surface area contributed by atoms with Crippen molar-refractivity contribution < 1.29 is 4.79 Å². The highest BCUT2D eigenvalue weighted by molar-refractivity contribution is 5.94. The zero-order chi connectivity index (χ0) is 18.4. The van der Waals surface area contributed by atoms with Crippen molar-refractivity contribution in [1.29, 1.82) is 0 Å². The van der Waals surface area contributed by atoms with E-state index in [4.69, 9.17) is 0 Å². The van der Waals surface area contributed by atoms with Gasteiger partial charge >= 0.3 is 0 Å². The molecule has 1 atom stereocenters. The fourth-order valence-corrected chi connectivity index (χ4v) is 2.85. The summed E-state index contributed by atoms with van der Waals surface area (Å²) < 4.78 is 2.21. The first-order chi connectivity index (χ1) is 11.4. The molecule has 0 radical (unpaired) electrons. The molecule has 0 bridgehead atoms. The lowest BCUT2D eigenvalue weighted by Crippen LogP contribution is -2.50. The maximum atomic E-state index is 11.8. The number of hydrazone groups is 1. The van der Waals surface area contributed by atoms with Crippen LogP contribution in [-0.4, -0.2) is 27.3 Å². The van der Waals surface area contributed by atoms with Crippen molar-refractivity contribution in [3.05, 3.63) is 41.9 Å². The van der Waals surface area contributed by atoms with Crippen LogP contribution in [0.5, 0.6) is 0 Å². The Morgan fingerprint density at radius 3 is 2.33 bits per heavy atom. The van der Waals surface area contributed by atoms with E-state index in [0.717, 1.165) is 23.7 Å². The predicted molar refractivity (Wildman–Crippen MR) is 102 cm³/mol. The summed E-state index contributed by atoms with van der Waals surface area (Å²) >= 11 is 0. The van der Waals surface area contributed by atoms with Gasteiger partial charge in [0.25, 0.3) is 5.91 Å². The first kappa shape index (κ1) is 19.7. The standard InChI is InChI=1S/C17H24N4O.C2H6/c1-7-16(20-11(2)8-9-12(20)3)10-13(4)21-14(5)17(22)19-18-15(21)6;1-2/h8-10,14H,4,7H2,1-3,5-6H3,(H,19,22);1-2H3/b16-10+;. The Morgan fingerprint density at radius 2 is 1.83 bits per heavy atom. The van der Waals surface area contributed by atoms with Gasteiger partial charge in [-0.3, -0.25) is 4.79 Å². The van der Waals surface area contributed by atoms with E-state index in [1.165, 1.54) is 11.4 Å². The molecule has 2 heterocycles. The minimum absolute atomic E-state index is 0.119. The molecule has 5 heteroatoms. The van der Waals surface area contributed by atoms with Crippen molar-refractivity contribution in [2.75, 3.05) is 0 Å². The Labute approximate surface area is 145 Å². The molecule has 1 aliphatic heterocycles. The van der Waals surface area contributed by atoms with E-state index in [9.17, 15) is 4.79 Å². The molecule has 1 N–H and O–H groups in total. The van der Waals surface area contributed by atoms with Gasteiger partial charge in [-0.15, -0.1) is 0 Å². The summed E-state index contributed by atoms with van der Waals surface area (Å²) in [5.74, 6) is 0.622. The van der Waals surface area contributed by atoms with Crippen LogP contribution in [0, 0.1) is 13.8 Å². The second-order valence-corrected chi connectivity index (χ2v) is 5.61. The van der Waals surface area contributed by atoms with Crippen LogP contribution in [0.15, 0.2) is 35.6 Å². The molecule has 1 aromatic heterocycles. The quantitative estimate of drug-likeness (QED) is 0.847. The van der Waals surface area contributed by atoms with Crippen LogP contribution in [0.4, 0.5) is 0 Å². The van der Waals surface area contributed by atoms with E-state index in [1.807, 2.05) is 38.7 Å². The van der Waals surface area contributed by atoms with Gasteiger partial charge in [0, 0.05) is 22.8 Å². The van der Waals surface area contributed by atoms with Crippen molar-refractivity contribution in [3.8, 4) is 0 Å². The minimum atomic E-state index is -0.314. The number of allylic oxidation sites excluding steroid dienone is 2. The number of amides is 1. The number of rotatable bonds is 4. The SMILES string of the molecule is C=C(/C=C(\CC)n1c(C)ccc1C)N1C(C)=NNC(=O)C1C.CC. The van der Waals surface area contributed by atoms with Crippen LogP contribution in [0.3, 0.4) is 0 Å².